The molecule has 0 aromatic rings. The topological polar surface area (TPSA) is 67.4 Å². The Morgan fingerprint density at radius 1 is 1.44 bits per heavy atom. The van der Waals surface area contributed by atoms with Gasteiger partial charge in [-0.2, -0.15) is 0 Å². The Kier molecular flexibility index (Phi) is 7.60. The highest BCUT2D eigenvalue weighted by atomic mass is 31.0. The SMILES string of the molecule is CCC(C)(C=O)NCCCC(C)(NP)C(=O)OC. The van der Waals surface area contributed by atoms with E-state index in [1.165, 1.54) is 7.11 Å². The molecule has 0 aliphatic rings. The Labute approximate surface area is 112 Å². The van der Waals surface area contributed by atoms with Gasteiger partial charge in [0.1, 0.15) is 11.8 Å². The molecule has 0 fully saturated rings. The van der Waals surface area contributed by atoms with Crippen molar-refractivity contribution in [1.29, 1.82) is 0 Å². The molecule has 0 rings (SSSR count). The van der Waals surface area contributed by atoms with Gasteiger partial charge in [-0.1, -0.05) is 16.3 Å². The smallest absolute Gasteiger partial charge is 0.326 e. The van der Waals surface area contributed by atoms with Crippen LogP contribution in [0.1, 0.15) is 40.0 Å². The van der Waals surface area contributed by atoms with Crippen molar-refractivity contribution in [3.63, 3.8) is 0 Å². The van der Waals surface area contributed by atoms with Crippen molar-refractivity contribution in [3.05, 3.63) is 0 Å². The van der Waals surface area contributed by atoms with Crippen LogP contribution in [0.2, 0.25) is 0 Å². The van der Waals surface area contributed by atoms with Crippen LogP contribution in [-0.2, 0) is 14.3 Å². The Morgan fingerprint density at radius 2 is 2.06 bits per heavy atom. The summed E-state index contributed by atoms with van der Waals surface area (Å²) in [7, 11) is 3.72. The molecule has 18 heavy (non-hydrogen) atoms. The van der Waals surface area contributed by atoms with Crippen molar-refractivity contribution in [2.45, 2.75) is 51.1 Å². The lowest BCUT2D eigenvalue weighted by Crippen LogP contribution is -2.47. The lowest BCUT2D eigenvalue weighted by molar-refractivity contribution is -0.147. The number of ether oxygens (including phenoxy) is 1. The second-order valence-electron chi connectivity index (χ2n) is 4.89. The van der Waals surface area contributed by atoms with Crippen molar-refractivity contribution in [2.75, 3.05) is 13.7 Å². The highest BCUT2D eigenvalue weighted by molar-refractivity contribution is 7.13. The Bertz CT molecular complexity index is 288. The third-order valence-corrected chi connectivity index (χ3v) is 3.97. The van der Waals surface area contributed by atoms with E-state index in [0.29, 0.717) is 13.0 Å². The average Bonchev–Trinajstić information content (AvgIpc) is 2.41. The van der Waals surface area contributed by atoms with Gasteiger partial charge in [-0.3, -0.25) is 9.88 Å². The first-order valence-corrected chi connectivity index (χ1v) is 6.72. The maximum absolute atomic E-state index is 11.6. The van der Waals surface area contributed by atoms with Crippen LogP contribution in [0.3, 0.4) is 0 Å². The van der Waals surface area contributed by atoms with Crippen LogP contribution in [0.25, 0.3) is 0 Å². The molecule has 0 radical (unpaired) electrons. The molecule has 0 saturated carbocycles. The van der Waals surface area contributed by atoms with Gasteiger partial charge in [-0.25, -0.2) is 0 Å². The molecule has 106 valence electrons. The van der Waals surface area contributed by atoms with Crippen molar-refractivity contribution in [2.24, 2.45) is 0 Å². The summed E-state index contributed by atoms with van der Waals surface area (Å²) < 4.78 is 4.76. The van der Waals surface area contributed by atoms with Gasteiger partial charge < -0.3 is 14.8 Å². The van der Waals surface area contributed by atoms with Crippen LogP contribution in [0, 0.1) is 0 Å². The Balaban J connectivity index is 4.17. The normalized spacial score (nSPS) is 17.6. The number of aldehydes is 1. The highest BCUT2D eigenvalue weighted by Crippen LogP contribution is 2.16. The van der Waals surface area contributed by atoms with Crippen molar-refractivity contribution in [3.8, 4) is 0 Å². The van der Waals surface area contributed by atoms with E-state index in [0.717, 1.165) is 19.1 Å². The molecule has 6 heteroatoms. The van der Waals surface area contributed by atoms with E-state index in [9.17, 15) is 9.59 Å². The zero-order valence-corrected chi connectivity index (χ0v) is 12.9. The van der Waals surface area contributed by atoms with Crippen molar-refractivity contribution in [1.82, 2.24) is 10.4 Å². The molecular formula is C12H25N2O3P. The molecule has 5 nitrogen and oxygen atoms in total. The number of nitrogens with one attached hydrogen (secondary N) is 2. The lowest BCUT2D eigenvalue weighted by Gasteiger charge is -2.27. The molecule has 0 amide bonds. The summed E-state index contributed by atoms with van der Waals surface area (Å²) in [6, 6.07) is 0. The lowest BCUT2D eigenvalue weighted by atomic mass is 9.96. The molecule has 0 saturated heterocycles. The van der Waals surface area contributed by atoms with Gasteiger partial charge in [0.25, 0.3) is 0 Å². The van der Waals surface area contributed by atoms with Crippen LogP contribution in [0.5, 0.6) is 0 Å². The fourth-order valence-corrected chi connectivity index (χ4v) is 1.79. The zero-order valence-electron chi connectivity index (χ0n) is 11.7. The number of carbonyl (C=O) groups excluding carboxylic acids is 2. The first kappa shape index (κ1) is 17.5. The minimum absolute atomic E-state index is 0.286. The van der Waals surface area contributed by atoms with Crippen LogP contribution in [0.15, 0.2) is 0 Å². The highest BCUT2D eigenvalue weighted by Gasteiger charge is 2.32. The third-order valence-electron chi connectivity index (χ3n) is 3.33. The first-order chi connectivity index (χ1) is 8.37. The van der Waals surface area contributed by atoms with Crippen LogP contribution in [0.4, 0.5) is 0 Å². The fourth-order valence-electron chi connectivity index (χ4n) is 1.52. The molecule has 0 heterocycles. The van der Waals surface area contributed by atoms with E-state index >= 15 is 0 Å². The summed E-state index contributed by atoms with van der Waals surface area (Å²) in [6.45, 7) is 6.31. The Morgan fingerprint density at radius 3 is 2.44 bits per heavy atom. The minimum atomic E-state index is -0.703. The molecule has 0 aliphatic carbocycles. The summed E-state index contributed by atoms with van der Waals surface area (Å²) >= 11 is 0. The summed E-state index contributed by atoms with van der Waals surface area (Å²) in [4.78, 5) is 22.5. The number of hydrogen-bond acceptors (Lipinski definition) is 5. The van der Waals surface area contributed by atoms with Crippen molar-refractivity contribution >= 4 is 21.6 Å². The number of carbonyl (C=O) groups is 2. The van der Waals surface area contributed by atoms with Gasteiger partial charge in [-0.15, -0.1) is 0 Å². The second kappa shape index (κ2) is 7.82. The maximum atomic E-state index is 11.6. The molecule has 0 aromatic heterocycles. The first-order valence-electron chi connectivity index (χ1n) is 6.15. The van der Waals surface area contributed by atoms with E-state index in [-0.39, 0.29) is 5.97 Å². The number of methoxy groups -OCH3 is 1. The quantitative estimate of drug-likeness (QED) is 0.285. The summed E-state index contributed by atoms with van der Waals surface area (Å²) in [5.74, 6) is -0.286. The maximum Gasteiger partial charge on any atom is 0.326 e. The number of esters is 1. The van der Waals surface area contributed by atoms with Crippen molar-refractivity contribution < 1.29 is 14.3 Å². The summed E-state index contributed by atoms with van der Waals surface area (Å²) in [5, 5.41) is 6.09. The van der Waals surface area contributed by atoms with Gasteiger partial charge in [0.05, 0.1) is 12.6 Å². The zero-order chi connectivity index (χ0) is 14.2. The predicted octanol–water partition coefficient (Wildman–Crippen LogP) is 1.04. The van der Waals surface area contributed by atoms with E-state index in [1.54, 1.807) is 6.92 Å². The largest absolute Gasteiger partial charge is 0.468 e. The fraction of sp³-hybridized carbons (Fsp3) is 0.833. The number of rotatable bonds is 9. The van der Waals surface area contributed by atoms with Gasteiger partial charge in [0.15, 0.2) is 0 Å². The van der Waals surface area contributed by atoms with E-state index in [4.69, 9.17) is 4.74 Å². The second-order valence-corrected chi connectivity index (χ2v) is 5.18. The monoisotopic (exact) mass is 276 g/mol. The minimum Gasteiger partial charge on any atom is -0.468 e. The molecular weight excluding hydrogens is 251 g/mol. The molecule has 3 unspecified atom stereocenters. The average molecular weight is 276 g/mol. The third kappa shape index (κ3) is 5.01. The van der Waals surface area contributed by atoms with E-state index in [1.807, 2.05) is 13.8 Å². The molecule has 0 spiro atoms. The van der Waals surface area contributed by atoms with Crippen LogP contribution in [-0.4, -0.2) is 37.0 Å². The Hall–Kier alpha value is -0.510. The van der Waals surface area contributed by atoms with E-state index in [2.05, 4.69) is 19.8 Å². The van der Waals surface area contributed by atoms with Gasteiger partial charge in [0.2, 0.25) is 0 Å². The molecule has 0 bridgehead atoms. The van der Waals surface area contributed by atoms with Crippen LogP contribution < -0.4 is 10.4 Å². The predicted molar refractivity (Wildman–Crippen MR) is 75.3 cm³/mol. The van der Waals surface area contributed by atoms with Gasteiger partial charge >= 0.3 is 5.97 Å². The number of hydrogen-bond donors (Lipinski definition) is 2. The molecule has 0 aliphatic heterocycles. The van der Waals surface area contributed by atoms with Crippen LogP contribution >= 0.6 is 9.39 Å². The standard InChI is InChI=1S/C12H25N2O3P/c1-5-11(2,9-15)13-8-6-7-12(3,14-18)10(16)17-4/h9,13-14H,5-8,18H2,1-4H3. The van der Waals surface area contributed by atoms with Gasteiger partial charge in [-0.05, 0) is 39.7 Å². The van der Waals surface area contributed by atoms with E-state index < -0.39 is 11.1 Å². The molecule has 0 aromatic carbocycles. The molecule has 2 N–H and O–H groups in total. The summed E-state index contributed by atoms with van der Waals surface area (Å²) in [5.41, 5.74) is -1.18. The summed E-state index contributed by atoms with van der Waals surface area (Å²) in [6.07, 6.45) is 3.08. The van der Waals surface area contributed by atoms with Gasteiger partial charge in [0, 0.05) is 0 Å². The molecule has 3 atom stereocenters.